The molecule has 2 heterocycles. The Morgan fingerprint density at radius 2 is 2.36 bits per heavy atom. The molecule has 0 spiro atoms. The summed E-state index contributed by atoms with van der Waals surface area (Å²) in [6.07, 6.45) is 8.37. The van der Waals surface area contributed by atoms with Crippen LogP contribution >= 0.6 is 0 Å². The fourth-order valence-corrected chi connectivity index (χ4v) is 1.38. The summed E-state index contributed by atoms with van der Waals surface area (Å²) in [7, 11) is 0. The first-order chi connectivity index (χ1) is 6.77. The average Bonchev–Trinajstić information content (AvgIpc) is 2.58. The second-order valence-corrected chi connectivity index (χ2v) is 3.26. The molecular weight excluding hydrogens is 178 g/mol. The summed E-state index contributed by atoms with van der Waals surface area (Å²) in [4.78, 5) is 19.0. The van der Waals surface area contributed by atoms with Crippen molar-refractivity contribution in [2.24, 2.45) is 0 Å². The van der Waals surface area contributed by atoms with E-state index < -0.39 is 0 Å². The van der Waals surface area contributed by atoms with Crippen LogP contribution in [0, 0.1) is 0 Å². The Labute approximate surface area is 81.6 Å². The van der Waals surface area contributed by atoms with Crippen molar-refractivity contribution in [2.45, 2.75) is 19.8 Å². The lowest BCUT2D eigenvalue weighted by Crippen LogP contribution is -1.97. The molecular formula is C10H11N3O. The largest absolute Gasteiger partial charge is 0.301 e. The molecule has 0 saturated carbocycles. The van der Waals surface area contributed by atoms with Gasteiger partial charge >= 0.3 is 0 Å². The molecule has 0 radical (unpaired) electrons. The van der Waals surface area contributed by atoms with Crippen molar-refractivity contribution in [1.82, 2.24) is 14.4 Å². The molecule has 2 aromatic rings. The van der Waals surface area contributed by atoms with Crippen molar-refractivity contribution in [3.63, 3.8) is 0 Å². The monoisotopic (exact) mass is 189 g/mol. The van der Waals surface area contributed by atoms with E-state index in [9.17, 15) is 4.79 Å². The Morgan fingerprint density at radius 1 is 1.50 bits per heavy atom. The van der Waals surface area contributed by atoms with Crippen LogP contribution in [0.5, 0.6) is 0 Å². The minimum atomic E-state index is 0.203. The molecule has 0 fully saturated rings. The molecule has 4 heteroatoms. The summed E-state index contributed by atoms with van der Waals surface area (Å²) >= 11 is 0. The molecule has 0 aliphatic rings. The van der Waals surface area contributed by atoms with Gasteiger partial charge in [-0.1, -0.05) is 0 Å². The molecule has 0 saturated heterocycles. The van der Waals surface area contributed by atoms with Gasteiger partial charge in [-0.15, -0.1) is 0 Å². The first kappa shape index (κ1) is 8.87. The standard InChI is InChI=1S/C10H11N3O/c1-8(14)2-3-9-6-12-10-7-11-4-5-13(9)10/h4-7H,2-3H2,1H3. The summed E-state index contributed by atoms with van der Waals surface area (Å²) in [5, 5.41) is 0. The minimum Gasteiger partial charge on any atom is -0.301 e. The number of aryl methyl sites for hydroxylation is 1. The van der Waals surface area contributed by atoms with Gasteiger partial charge in [-0.2, -0.15) is 0 Å². The Hall–Kier alpha value is -1.71. The van der Waals surface area contributed by atoms with Gasteiger partial charge in [0.05, 0.1) is 6.20 Å². The van der Waals surface area contributed by atoms with E-state index in [2.05, 4.69) is 9.97 Å². The third-order valence-electron chi connectivity index (χ3n) is 2.13. The van der Waals surface area contributed by atoms with Gasteiger partial charge in [0, 0.05) is 30.7 Å². The number of rotatable bonds is 3. The fourth-order valence-electron chi connectivity index (χ4n) is 1.38. The number of fused-ring (bicyclic) bond motifs is 1. The molecule has 0 aliphatic heterocycles. The number of hydrogen-bond acceptors (Lipinski definition) is 3. The quantitative estimate of drug-likeness (QED) is 0.730. The van der Waals surface area contributed by atoms with Crippen molar-refractivity contribution < 1.29 is 4.79 Å². The van der Waals surface area contributed by atoms with E-state index in [0.29, 0.717) is 6.42 Å². The van der Waals surface area contributed by atoms with Crippen LogP contribution in [0.15, 0.2) is 24.8 Å². The highest BCUT2D eigenvalue weighted by Crippen LogP contribution is 2.06. The first-order valence-electron chi connectivity index (χ1n) is 4.53. The summed E-state index contributed by atoms with van der Waals surface area (Å²) in [5.41, 5.74) is 1.88. The van der Waals surface area contributed by atoms with Gasteiger partial charge in [-0.3, -0.25) is 4.98 Å². The second kappa shape index (κ2) is 3.57. The van der Waals surface area contributed by atoms with Gasteiger partial charge in [0.15, 0.2) is 5.65 Å². The third-order valence-corrected chi connectivity index (χ3v) is 2.13. The van der Waals surface area contributed by atoms with Crippen molar-refractivity contribution in [3.05, 3.63) is 30.5 Å². The predicted octanol–water partition coefficient (Wildman–Crippen LogP) is 1.25. The number of Topliss-reactive ketones (excluding diaryl/α,β-unsaturated/α-hetero) is 1. The maximum Gasteiger partial charge on any atom is 0.155 e. The van der Waals surface area contributed by atoms with Crippen molar-refractivity contribution in [1.29, 1.82) is 0 Å². The van der Waals surface area contributed by atoms with Gasteiger partial charge in [0.25, 0.3) is 0 Å². The zero-order valence-electron chi connectivity index (χ0n) is 7.97. The molecule has 4 nitrogen and oxygen atoms in total. The van der Waals surface area contributed by atoms with Crippen LogP contribution in [-0.4, -0.2) is 20.2 Å². The number of ketones is 1. The van der Waals surface area contributed by atoms with Gasteiger partial charge in [-0.05, 0) is 13.3 Å². The van der Waals surface area contributed by atoms with Gasteiger partial charge < -0.3 is 9.20 Å². The number of aromatic nitrogens is 3. The maximum absolute atomic E-state index is 10.8. The molecule has 0 amide bonds. The highest BCUT2D eigenvalue weighted by Gasteiger charge is 2.03. The molecule has 2 aromatic heterocycles. The average molecular weight is 189 g/mol. The van der Waals surface area contributed by atoms with E-state index in [4.69, 9.17) is 0 Å². The Morgan fingerprint density at radius 3 is 3.14 bits per heavy atom. The van der Waals surface area contributed by atoms with Crippen molar-refractivity contribution >= 4 is 11.4 Å². The molecule has 72 valence electrons. The van der Waals surface area contributed by atoms with Crippen LogP contribution in [0.4, 0.5) is 0 Å². The number of nitrogens with zero attached hydrogens (tertiary/aromatic N) is 3. The Kier molecular flexibility index (Phi) is 2.26. The molecule has 0 bridgehead atoms. The zero-order valence-corrected chi connectivity index (χ0v) is 7.97. The molecule has 14 heavy (non-hydrogen) atoms. The second-order valence-electron chi connectivity index (χ2n) is 3.26. The Bertz CT molecular complexity index is 461. The van der Waals surface area contributed by atoms with E-state index in [1.807, 2.05) is 10.6 Å². The molecule has 0 N–H and O–H groups in total. The topological polar surface area (TPSA) is 47.3 Å². The fraction of sp³-hybridized carbons (Fsp3) is 0.300. The Balaban J connectivity index is 2.29. The van der Waals surface area contributed by atoms with E-state index in [1.165, 1.54) is 0 Å². The smallest absolute Gasteiger partial charge is 0.155 e. The lowest BCUT2D eigenvalue weighted by Gasteiger charge is -1.98. The summed E-state index contributed by atoms with van der Waals surface area (Å²) in [6, 6.07) is 0. The van der Waals surface area contributed by atoms with Crippen LogP contribution in [0.2, 0.25) is 0 Å². The number of imidazole rings is 1. The highest BCUT2D eigenvalue weighted by atomic mass is 16.1. The maximum atomic E-state index is 10.8. The molecule has 0 aliphatic carbocycles. The number of carbonyl (C=O) groups excluding carboxylic acids is 1. The molecule has 0 aromatic carbocycles. The van der Waals surface area contributed by atoms with Gasteiger partial charge in [0.1, 0.15) is 5.78 Å². The summed E-state index contributed by atoms with van der Waals surface area (Å²) in [5.74, 6) is 0.203. The van der Waals surface area contributed by atoms with Crippen molar-refractivity contribution in [3.8, 4) is 0 Å². The van der Waals surface area contributed by atoms with E-state index in [-0.39, 0.29) is 5.78 Å². The zero-order chi connectivity index (χ0) is 9.97. The molecule has 2 rings (SSSR count). The van der Waals surface area contributed by atoms with E-state index in [1.54, 1.807) is 25.5 Å². The lowest BCUT2D eigenvalue weighted by molar-refractivity contribution is -0.116. The highest BCUT2D eigenvalue weighted by molar-refractivity contribution is 5.75. The lowest BCUT2D eigenvalue weighted by atomic mass is 10.2. The van der Waals surface area contributed by atoms with Crippen LogP contribution in [-0.2, 0) is 11.2 Å². The van der Waals surface area contributed by atoms with Crippen molar-refractivity contribution in [2.75, 3.05) is 0 Å². The number of carbonyl (C=O) groups is 1. The SMILES string of the molecule is CC(=O)CCc1cnc2cnccn12. The molecule has 0 unspecified atom stereocenters. The van der Waals surface area contributed by atoms with E-state index in [0.717, 1.165) is 17.8 Å². The van der Waals surface area contributed by atoms with Crippen LogP contribution < -0.4 is 0 Å². The number of hydrogen-bond donors (Lipinski definition) is 0. The summed E-state index contributed by atoms with van der Waals surface area (Å²) < 4.78 is 1.95. The van der Waals surface area contributed by atoms with Gasteiger partial charge in [-0.25, -0.2) is 4.98 Å². The van der Waals surface area contributed by atoms with Crippen LogP contribution in [0.25, 0.3) is 5.65 Å². The summed E-state index contributed by atoms with van der Waals surface area (Å²) in [6.45, 7) is 1.60. The van der Waals surface area contributed by atoms with Gasteiger partial charge in [0.2, 0.25) is 0 Å². The van der Waals surface area contributed by atoms with Crippen LogP contribution in [0.1, 0.15) is 19.0 Å². The molecule has 0 atom stereocenters. The van der Waals surface area contributed by atoms with E-state index >= 15 is 0 Å². The predicted molar refractivity (Wildman–Crippen MR) is 52.0 cm³/mol. The first-order valence-corrected chi connectivity index (χ1v) is 4.53. The van der Waals surface area contributed by atoms with Crippen LogP contribution in [0.3, 0.4) is 0 Å². The minimum absolute atomic E-state index is 0.203. The normalized spacial score (nSPS) is 10.6. The third kappa shape index (κ3) is 1.64.